The summed E-state index contributed by atoms with van der Waals surface area (Å²) in [5.41, 5.74) is 5.67. The van der Waals surface area contributed by atoms with Crippen molar-refractivity contribution in [2.45, 2.75) is 43.7 Å². The molecule has 1 atom stereocenters. The molecule has 1 heterocycles. The van der Waals surface area contributed by atoms with Gasteiger partial charge >= 0.3 is 0 Å². The lowest BCUT2D eigenvalue weighted by Gasteiger charge is -2.54. The Labute approximate surface area is 79.7 Å². The molecular weight excluding hydrogens is 164 g/mol. The fourth-order valence-electron chi connectivity index (χ4n) is 3.00. The lowest BCUT2D eigenvalue weighted by Crippen LogP contribution is -2.66. The van der Waals surface area contributed by atoms with Gasteiger partial charge in [-0.15, -0.1) is 0 Å². The Morgan fingerprint density at radius 2 is 2.15 bits per heavy atom. The highest BCUT2D eigenvalue weighted by Crippen LogP contribution is 2.45. The summed E-state index contributed by atoms with van der Waals surface area (Å²) in [7, 11) is 0. The molecule has 1 aliphatic carbocycles. The average Bonchev–Trinajstić information content (AvgIpc) is 2.02. The molecule has 0 amide bonds. The van der Waals surface area contributed by atoms with Gasteiger partial charge in [0.05, 0.1) is 5.60 Å². The van der Waals surface area contributed by atoms with Gasteiger partial charge in [0, 0.05) is 5.54 Å². The molecule has 0 aromatic carbocycles. The minimum absolute atomic E-state index is 0.0864. The maximum atomic E-state index is 9.68. The summed E-state index contributed by atoms with van der Waals surface area (Å²) < 4.78 is 0. The van der Waals surface area contributed by atoms with Gasteiger partial charge in [0.25, 0.3) is 0 Å². The highest BCUT2D eigenvalue weighted by Gasteiger charge is 2.52. The zero-order chi connectivity index (χ0) is 9.53. The number of hydrogen-bond donors (Lipinski definition) is 3. The molecule has 76 valence electrons. The summed E-state index contributed by atoms with van der Waals surface area (Å²) >= 11 is 0. The van der Waals surface area contributed by atoms with Gasteiger partial charge in [-0.2, -0.15) is 0 Å². The molecule has 13 heavy (non-hydrogen) atoms. The Bertz CT molecular complexity index is 189. The second kappa shape index (κ2) is 2.94. The molecule has 1 saturated heterocycles. The van der Waals surface area contributed by atoms with Crippen LogP contribution in [0.1, 0.15) is 32.6 Å². The van der Waals surface area contributed by atoms with Crippen LogP contribution >= 0.6 is 0 Å². The summed E-state index contributed by atoms with van der Waals surface area (Å²) in [6, 6.07) is 0. The molecule has 1 aliphatic heterocycles. The van der Waals surface area contributed by atoms with Crippen LogP contribution in [-0.4, -0.2) is 29.3 Å². The molecule has 0 aromatic heterocycles. The lowest BCUT2D eigenvalue weighted by atomic mass is 9.59. The predicted octanol–water partition coefficient (Wildman–Crippen LogP) is 0.228. The van der Waals surface area contributed by atoms with Crippen LogP contribution in [-0.2, 0) is 0 Å². The number of nitrogens with two attached hydrogens (primary N) is 1. The molecule has 0 bridgehead atoms. The highest BCUT2D eigenvalue weighted by atomic mass is 16.3. The smallest absolute Gasteiger partial charge is 0.0655 e. The van der Waals surface area contributed by atoms with E-state index in [9.17, 15) is 5.11 Å². The van der Waals surface area contributed by atoms with E-state index in [4.69, 9.17) is 5.73 Å². The minimum atomic E-state index is -0.494. The first-order valence-corrected chi connectivity index (χ1v) is 5.24. The quantitative estimate of drug-likeness (QED) is 0.546. The summed E-state index contributed by atoms with van der Waals surface area (Å²) in [4.78, 5) is 0. The van der Waals surface area contributed by atoms with Gasteiger partial charge in [-0.3, -0.25) is 0 Å². The van der Waals surface area contributed by atoms with E-state index in [0.717, 1.165) is 25.9 Å². The van der Waals surface area contributed by atoms with Crippen molar-refractivity contribution in [1.82, 2.24) is 5.32 Å². The van der Waals surface area contributed by atoms with Crippen molar-refractivity contribution in [3.8, 4) is 0 Å². The molecule has 4 N–H and O–H groups in total. The zero-order valence-electron chi connectivity index (χ0n) is 8.34. The number of aliphatic hydroxyl groups is 1. The highest BCUT2D eigenvalue weighted by molar-refractivity contribution is 5.10. The van der Waals surface area contributed by atoms with E-state index in [1.807, 2.05) is 6.92 Å². The van der Waals surface area contributed by atoms with Crippen LogP contribution in [0.15, 0.2) is 0 Å². The van der Waals surface area contributed by atoms with E-state index in [1.165, 1.54) is 12.8 Å². The fourth-order valence-corrected chi connectivity index (χ4v) is 3.00. The fraction of sp³-hybridized carbons (Fsp3) is 1.00. The molecule has 2 fully saturated rings. The minimum Gasteiger partial charge on any atom is -0.390 e. The third-order valence-electron chi connectivity index (χ3n) is 3.53. The number of rotatable bonds is 1. The normalized spacial score (nSPS) is 51.5. The van der Waals surface area contributed by atoms with Crippen molar-refractivity contribution in [3.63, 3.8) is 0 Å². The van der Waals surface area contributed by atoms with Crippen LogP contribution in [0.4, 0.5) is 0 Å². The third-order valence-corrected chi connectivity index (χ3v) is 3.53. The molecule has 1 unspecified atom stereocenters. The molecule has 2 aliphatic rings. The molecule has 3 nitrogen and oxygen atoms in total. The van der Waals surface area contributed by atoms with Crippen LogP contribution in [0.2, 0.25) is 0 Å². The largest absolute Gasteiger partial charge is 0.390 e. The Kier molecular flexibility index (Phi) is 2.13. The van der Waals surface area contributed by atoms with Crippen molar-refractivity contribution >= 4 is 0 Å². The third kappa shape index (κ3) is 1.73. The van der Waals surface area contributed by atoms with Crippen molar-refractivity contribution < 1.29 is 5.11 Å². The van der Waals surface area contributed by atoms with Crippen LogP contribution in [0, 0.1) is 5.92 Å². The molecule has 0 spiro atoms. The number of piperidine rings is 1. The first kappa shape index (κ1) is 9.44. The average molecular weight is 184 g/mol. The van der Waals surface area contributed by atoms with E-state index in [1.54, 1.807) is 0 Å². The molecule has 1 saturated carbocycles. The van der Waals surface area contributed by atoms with E-state index >= 15 is 0 Å². The Hall–Kier alpha value is -0.120. The molecule has 0 aromatic rings. The standard InChI is InChI=1S/C10H20N2O/c1-9(13)6-10(11,7-9)8-3-2-4-12-5-8/h8,12-13H,2-7,11H2,1H3. The van der Waals surface area contributed by atoms with Crippen LogP contribution in [0.3, 0.4) is 0 Å². The van der Waals surface area contributed by atoms with Crippen molar-refractivity contribution in [2.24, 2.45) is 11.7 Å². The van der Waals surface area contributed by atoms with Crippen molar-refractivity contribution in [1.29, 1.82) is 0 Å². The molecule has 2 rings (SSSR count). The first-order chi connectivity index (χ1) is 6.02. The second-order valence-corrected chi connectivity index (χ2v) is 5.13. The summed E-state index contributed by atoms with van der Waals surface area (Å²) in [6.07, 6.45) is 3.99. The summed E-state index contributed by atoms with van der Waals surface area (Å²) in [5, 5.41) is 13.1. The SMILES string of the molecule is CC1(O)CC(N)(C2CCCNC2)C1. The topological polar surface area (TPSA) is 58.3 Å². The maximum Gasteiger partial charge on any atom is 0.0655 e. The Morgan fingerprint density at radius 3 is 2.62 bits per heavy atom. The van der Waals surface area contributed by atoms with E-state index in [0.29, 0.717) is 5.92 Å². The maximum absolute atomic E-state index is 9.68. The van der Waals surface area contributed by atoms with Gasteiger partial charge in [-0.1, -0.05) is 0 Å². The first-order valence-electron chi connectivity index (χ1n) is 5.24. The van der Waals surface area contributed by atoms with Gasteiger partial charge in [0.1, 0.15) is 0 Å². The van der Waals surface area contributed by atoms with E-state index in [2.05, 4.69) is 5.32 Å². The van der Waals surface area contributed by atoms with Crippen LogP contribution in [0.25, 0.3) is 0 Å². The van der Waals surface area contributed by atoms with Gasteiger partial charge in [-0.05, 0) is 51.6 Å². The van der Waals surface area contributed by atoms with Crippen LogP contribution < -0.4 is 11.1 Å². The van der Waals surface area contributed by atoms with Crippen molar-refractivity contribution in [3.05, 3.63) is 0 Å². The number of hydrogen-bond acceptors (Lipinski definition) is 3. The van der Waals surface area contributed by atoms with Crippen LogP contribution in [0.5, 0.6) is 0 Å². The summed E-state index contributed by atoms with van der Waals surface area (Å²) in [6.45, 7) is 4.05. The number of nitrogens with one attached hydrogen (secondary N) is 1. The molecule has 0 radical (unpaired) electrons. The van der Waals surface area contributed by atoms with E-state index < -0.39 is 5.60 Å². The second-order valence-electron chi connectivity index (χ2n) is 5.13. The van der Waals surface area contributed by atoms with Gasteiger partial charge in [-0.25, -0.2) is 0 Å². The van der Waals surface area contributed by atoms with Gasteiger partial charge in [0.15, 0.2) is 0 Å². The molecule has 3 heteroatoms. The van der Waals surface area contributed by atoms with Crippen molar-refractivity contribution in [2.75, 3.05) is 13.1 Å². The van der Waals surface area contributed by atoms with Gasteiger partial charge in [0.2, 0.25) is 0 Å². The molecular formula is C10H20N2O. The monoisotopic (exact) mass is 184 g/mol. The Balaban J connectivity index is 1.93. The zero-order valence-corrected chi connectivity index (χ0v) is 8.34. The van der Waals surface area contributed by atoms with E-state index in [-0.39, 0.29) is 5.54 Å². The van der Waals surface area contributed by atoms with Gasteiger partial charge < -0.3 is 16.2 Å². The summed E-state index contributed by atoms with van der Waals surface area (Å²) in [5.74, 6) is 0.571. The Morgan fingerprint density at radius 1 is 1.46 bits per heavy atom. The predicted molar refractivity (Wildman–Crippen MR) is 52.4 cm³/mol. The lowest BCUT2D eigenvalue weighted by molar-refractivity contribution is -0.0949.